The lowest BCUT2D eigenvalue weighted by molar-refractivity contribution is 0.414. The first-order valence-corrected chi connectivity index (χ1v) is 6.61. The normalized spacial score (nSPS) is 12.9. The summed E-state index contributed by atoms with van der Waals surface area (Å²) in [5.74, 6) is 6.48. The second-order valence-electron chi connectivity index (χ2n) is 3.62. The minimum atomic E-state index is 0.0283. The molecule has 0 spiro atoms. The molecule has 0 fully saturated rings. The van der Waals surface area contributed by atoms with Gasteiger partial charge in [0.05, 0.1) is 12.3 Å². The van der Waals surface area contributed by atoms with Gasteiger partial charge in [0.15, 0.2) is 0 Å². The lowest BCUT2D eigenvalue weighted by Gasteiger charge is -2.13. The molecule has 2 aromatic rings. The van der Waals surface area contributed by atoms with Crippen LogP contribution in [0.1, 0.15) is 22.2 Å². The van der Waals surface area contributed by atoms with Crippen LogP contribution in [-0.2, 0) is 6.42 Å². The van der Waals surface area contributed by atoms with Gasteiger partial charge >= 0.3 is 0 Å². The number of hydrogen-bond donors (Lipinski definition) is 2. The largest absolute Gasteiger partial charge is 0.467 e. The van der Waals surface area contributed by atoms with Crippen molar-refractivity contribution < 1.29 is 4.42 Å². The lowest BCUT2D eigenvalue weighted by Crippen LogP contribution is -2.29. The number of aryl methyl sites for hydroxylation is 1. The molecule has 0 amide bonds. The lowest BCUT2D eigenvalue weighted by atomic mass is 10.1. The van der Waals surface area contributed by atoms with Crippen LogP contribution < -0.4 is 11.3 Å². The Bertz CT molecular complexity index is 466. The summed E-state index contributed by atoms with van der Waals surface area (Å²) in [4.78, 5) is 1.27. The predicted molar refractivity (Wildman–Crippen MR) is 69.2 cm³/mol. The van der Waals surface area contributed by atoms with Crippen LogP contribution in [0.15, 0.2) is 32.7 Å². The molecule has 16 heavy (non-hydrogen) atoms. The second-order valence-corrected chi connectivity index (χ2v) is 5.53. The number of rotatable bonds is 4. The van der Waals surface area contributed by atoms with E-state index >= 15 is 0 Å². The minimum absolute atomic E-state index is 0.0283. The third kappa shape index (κ3) is 2.55. The van der Waals surface area contributed by atoms with Crippen LogP contribution in [0, 0.1) is 6.92 Å². The van der Waals surface area contributed by atoms with Gasteiger partial charge in [0, 0.05) is 21.2 Å². The van der Waals surface area contributed by atoms with Gasteiger partial charge in [0.1, 0.15) is 5.76 Å². The number of hydrogen-bond acceptors (Lipinski definition) is 4. The van der Waals surface area contributed by atoms with Gasteiger partial charge in [0.25, 0.3) is 0 Å². The summed E-state index contributed by atoms with van der Waals surface area (Å²) in [6, 6.07) is 4.08. The Kier molecular flexibility index (Phi) is 3.81. The molecule has 5 heteroatoms. The quantitative estimate of drug-likeness (QED) is 0.674. The first-order valence-electron chi connectivity index (χ1n) is 4.93. The molecular formula is C11H13BrN2OS. The van der Waals surface area contributed by atoms with Gasteiger partial charge in [-0.2, -0.15) is 0 Å². The van der Waals surface area contributed by atoms with E-state index in [4.69, 9.17) is 10.3 Å². The predicted octanol–water partition coefficient (Wildman–Crippen LogP) is 3.16. The van der Waals surface area contributed by atoms with Crippen molar-refractivity contribution in [3.05, 3.63) is 44.4 Å². The van der Waals surface area contributed by atoms with Gasteiger partial charge in [-0.15, -0.1) is 11.3 Å². The smallest absolute Gasteiger partial charge is 0.125 e. The first-order chi connectivity index (χ1) is 7.70. The van der Waals surface area contributed by atoms with Crippen molar-refractivity contribution in [3.8, 4) is 0 Å². The molecule has 0 aliphatic rings. The highest BCUT2D eigenvalue weighted by Gasteiger charge is 2.16. The average molecular weight is 301 g/mol. The summed E-state index contributed by atoms with van der Waals surface area (Å²) in [7, 11) is 0. The van der Waals surface area contributed by atoms with Gasteiger partial charge in [0.2, 0.25) is 0 Å². The molecule has 0 aliphatic heterocycles. The molecule has 2 aromatic heterocycles. The van der Waals surface area contributed by atoms with E-state index in [2.05, 4.69) is 32.8 Å². The summed E-state index contributed by atoms with van der Waals surface area (Å²) in [5.41, 5.74) is 3.92. The molecule has 0 aliphatic carbocycles. The molecule has 1 unspecified atom stereocenters. The molecule has 86 valence electrons. The van der Waals surface area contributed by atoms with Crippen LogP contribution in [0.3, 0.4) is 0 Å². The van der Waals surface area contributed by atoms with Gasteiger partial charge in [-0.1, -0.05) is 0 Å². The number of furan rings is 1. The number of hydrazine groups is 1. The molecular weight excluding hydrogens is 288 g/mol. The van der Waals surface area contributed by atoms with Crippen molar-refractivity contribution in [2.24, 2.45) is 5.84 Å². The second kappa shape index (κ2) is 5.14. The molecule has 2 rings (SSSR count). The van der Waals surface area contributed by atoms with Crippen molar-refractivity contribution in [2.45, 2.75) is 19.4 Å². The van der Waals surface area contributed by atoms with Gasteiger partial charge < -0.3 is 4.42 Å². The molecule has 0 aromatic carbocycles. The van der Waals surface area contributed by atoms with E-state index in [0.717, 1.165) is 22.2 Å². The van der Waals surface area contributed by atoms with E-state index < -0.39 is 0 Å². The molecule has 2 heterocycles. The fraction of sp³-hybridized carbons (Fsp3) is 0.273. The maximum absolute atomic E-state index is 5.57. The zero-order valence-corrected chi connectivity index (χ0v) is 11.3. The first kappa shape index (κ1) is 11.9. The van der Waals surface area contributed by atoms with E-state index in [1.54, 1.807) is 17.6 Å². The van der Waals surface area contributed by atoms with Crippen LogP contribution in [0.2, 0.25) is 0 Å². The molecule has 3 N–H and O–H groups in total. The van der Waals surface area contributed by atoms with Crippen molar-refractivity contribution >= 4 is 27.3 Å². The zero-order chi connectivity index (χ0) is 11.5. The summed E-state index contributed by atoms with van der Waals surface area (Å²) in [5, 5.41) is 2.07. The highest BCUT2D eigenvalue weighted by atomic mass is 79.9. The van der Waals surface area contributed by atoms with E-state index in [1.165, 1.54) is 4.88 Å². The highest BCUT2D eigenvalue weighted by molar-refractivity contribution is 9.10. The fourth-order valence-corrected chi connectivity index (χ4v) is 3.13. The van der Waals surface area contributed by atoms with Crippen molar-refractivity contribution in [2.75, 3.05) is 0 Å². The molecule has 0 radical (unpaired) electrons. The number of thiophene rings is 1. The van der Waals surface area contributed by atoms with Gasteiger partial charge in [-0.3, -0.25) is 5.84 Å². The van der Waals surface area contributed by atoms with Crippen LogP contribution in [-0.4, -0.2) is 0 Å². The summed E-state index contributed by atoms with van der Waals surface area (Å²) < 4.78 is 6.56. The third-order valence-electron chi connectivity index (χ3n) is 2.45. The fourth-order valence-electron chi connectivity index (χ4n) is 1.63. The summed E-state index contributed by atoms with van der Waals surface area (Å²) in [6.07, 6.45) is 2.53. The maximum Gasteiger partial charge on any atom is 0.125 e. The average Bonchev–Trinajstić information content (AvgIpc) is 2.84. The summed E-state index contributed by atoms with van der Waals surface area (Å²) >= 11 is 5.15. The zero-order valence-electron chi connectivity index (χ0n) is 8.87. The van der Waals surface area contributed by atoms with E-state index in [0.29, 0.717) is 0 Å². The number of halogens is 1. The third-order valence-corrected chi connectivity index (χ3v) is 4.17. The SMILES string of the molecule is Cc1ccoc1C(Cc1cc(Br)cs1)NN. The van der Waals surface area contributed by atoms with E-state index in [-0.39, 0.29) is 6.04 Å². The van der Waals surface area contributed by atoms with E-state index in [1.807, 2.05) is 13.0 Å². The standard InChI is InChI=1S/C11H13BrN2OS/c1-7-2-3-15-11(7)10(14-13)5-9-4-8(12)6-16-9/h2-4,6,10,14H,5,13H2,1H3. The molecule has 3 nitrogen and oxygen atoms in total. The van der Waals surface area contributed by atoms with Crippen LogP contribution >= 0.6 is 27.3 Å². The highest BCUT2D eigenvalue weighted by Crippen LogP contribution is 2.26. The molecule has 1 atom stereocenters. The Morgan fingerprint density at radius 1 is 1.62 bits per heavy atom. The van der Waals surface area contributed by atoms with E-state index in [9.17, 15) is 0 Å². The number of nitrogens with one attached hydrogen (secondary N) is 1. The van der Waals surface area contributed by atoms with Crippen molar-refractivity contribution in [1.29, 1.82) is 0 Å². The van der Waals surface area contributed by atoms with Crippen molar-refractivity contribution in [1.82, 2.24) is 5.43 Å². The number of nitrogens with two attached hydrogens (primary N) is 1. The topological polar surface area (TPSA) is 51.2 Å². The van der Waals surface area contributed by atoms with Crippen molar-refractivity contribution in [3.63, 3.8) is 0 Å². The van der Waals surface area contributed by atoms with Gasteiger partial charge in [-0.05, 0) is 40.5 Å². The molecule has 0 saturated heterocycles. The van der Waals surface area contributed by atoms with Crippen LogP contribution in [0.5, 0.6) is 0 Å². The monoisotopic (exact) mass is 300 g/mol. The Balaban J connectivity index is 2.15. The Hall–Kier alpha value is -0.620. The maximum atomic E-state index is 5.57. The van der Waals surface area contributed by atoms with Crippen LogP contribution in [0.4, 0.5) is 0 Å². The summed E-state index contributed by atoms with van der Waals surface area (Å²) in [6.45, 7) is 2.02. The Morgan fingerprint density at radius 2 is 2.44 bits per heavy atom. The Morgan fingerprint density at radius 3 is 2.94 bits per heavy atom. The van der Waals surface area contributed by atoms with Gasteiger partial charge in [-0.25, -0.2) is 5.43 Å². The minimum Gasteiger partial charge on any atom is -0.467 e. The molecule has 0 bridgehead atoms. The van der Waals surface area contributed by atoms with Crippen LogP contribution in [0.25, 0.3) is 0 Å². The molecule has 0 saturated carbocycles. The Labute approximate surface area is 107 Å².